The number of quaternary nitrogens is 1. The van der Waals surface area contributed by atoms with Crippen molar-refractivity contribution in [2.24, 2.45) is 5.73 Å². The van der Waals surface area contributed by atoms with Crippen LogP contribution >= 0.6 is 7.82 Å². The van der Waals surface area contributed by atoms with Gasteiger partial charge in [-0.05, 0) is 0 Å². The monoisotopic (exact) mass is 242 g/mol. The molecule has 0 aliphatic heterocycles. The standard InChI is InChI=1S/C7H19N2O5P/c1-9(2,3)7(10)6-14-15(11,12)13-5-4-8/h7H,4-6,8H2,1-3H3,(H,11,12). The summed E-state index contributed by atoms with van der Waals surface area (Å²) in [5.74, 6) is 0. The van der Waals surface area contributed by atoms with E-state index in [1.165, 1.54) is 0 Å². The summed E-state index contributed by atoms with van der Waals surface area (Å²) in [5.41, 5.74) is 5.08. The fourth-order valence-electron chi connectivity index (χ4n) is 0.587. The second kappa shape index (κ2) is 5.91. The van der Waals surface area contributed by atoms with Gasteiger partial charge in [-0.2, -0.15) is 0 Å². The maximum atomic E-state index is 11.4. The molecule has 0 fully saturated rings. The predicted octanol–water partition coefficient (Wildman–Crippen LogP) is -1.53. The zero-order valence-electron chi connectivity index (χ0n) is 9.25. The van der Waals surface area contributed by atoms with E-state index in [4.69, 9.17) is 10.6 Å². The molecule has 0 rings (SSSR count). The van der Waals surface area contributed by atoms with E-state index >= 15 is 0 Å². The summed E-state index contributed by atoms with van der Waals surface area (Å²) >= 11 is 0. The van der Waals surface area contributed by atoms with Crippen LogP contribution in [0.4, 0.5) is 0 Å². The highest BCUT2D eigenvalue weighted by Gasteiger charge is 2.23. The highest BCUT2D eigenvalue weighted by Crippen LogP contribution is 2.42. The topological polar surface area (TPSA) is 105 Å². The lowest BCUT2D eigenvalue weighted by Crippen LogP contribution is -2.55. The highest BCUT2D eigenvalue weighted by atomic mass is 31.2. The zero-order chi connectivity index (χ0) is 12.1. The van der Waals surface area contributed by atoms with E-state index in [9.17, 15) is 9.67 Å². The lowest BCUT2D eigenvalue weighted by atomic mass is 10.5. The molecule has 2 unspecified atom stereocenters. The normalized spacial score (nSPS) is 18.5. The predicted molar refractivity (Wildman–Crippen MR) is 52.6 cm³/mol. The summed E-state index contributed by atoms with van der Waals surface area (Å²) in [4.78, 5) is 9.07. The van der Waals surface area contributed by atoms with E-state index in [1.54, 1.807) is 21.1 Å². The summed E-state index contributed by atoms with van der Waals surface area (Å²) in [5, 5.41) is 11.4. The molecule has 0 aromatic carbocycles. The van der Waals surface area contributed by atoms with E-state index in [1.807, 2.05) is 0 Å². The van der Waals surface area contributed by atoms with Crippen LogP contribution in [0.2, 0.25) is 0 Å². The van der Waals surface area contributed by atoms with Crippen LogP contribution in [0.5, 0.6) is 0 Å². The van der Waals surface area contributed by atoms with Gasteiger partial charge in [0.05, 0.1) is 34.4 Å². The molecule has 0 spiro atoms. The Morgan fingerprint density at radius 2 is 2.00 bits per heavy atom. The van der Waals surface area contributed by atoms with E-state index in [0.717, 1.165) is 0 Å². The molecule has 92 valence electrons. The number of phosphoric acid groups is 1. The Kier molecular flexibility index (Phi) is 5.90. The van der Waals surface area contributed by atoms with Gasteiger partial charge in [0.15, 0.2) is 0 Å². The Morgan fingerprint density at radius 3 is 2.40 bits per heavy atom. The molecule has 7 nitrogen and oxygen atoms in total. The first-order valence-electron chi connectivity index (χ1n) is 4.48. The number of hydrogen-bond donors (Lipinski definition) is 2. The van der Waals surface area contributed by atoms with Gasteiger partial charge in [-0.15, -0.1) is 0 Å². The van der Waals surface area contributed by atoms with Crippen LogP contribution in [0.1, 0.15) is 0 Å². The van der Waals surface area contributed by atoms with Gasteiger partial charge in [-0.25, -0.2) is 4.57 Å². The Labute approximate surface area is 89.6 Å². The molecule has 0 heterocycles. The fourth-order valence-corrected chi connectivity index (χ4v) is 1.31. The van der Waals surface area contributed by atoms with Crippen molar-refractivity contribution in [3.63, 3.8) is 0 Å². The Morgan fingerprint density at radius 1 is 1.47 bits per heavy atom. The summed E-state index contributed by atoms with van der Waals surface area (Å²) in [6, 6.07) is 0. The second-order valence-electron chi connectivity index (χ2n) is 3.96. The van der Waals surface area contributed by atoms with Crippen molar-refractivity contribution in [3.8, 4) is 0 Å². The number of likely N-dealkylation sites (N-methyl/N-ethyl adjacent to an activating group) is 1. The molecule has 0 amide bonds. The van der Waals surface area contributed by atoms with E-state index < -0.39 is 14.1 Å². The first-order chi connectivity index (χ1) is 6.69. The Bertz CT molecular complexity index is 230. The largest absolute Gasteiger partial charge is 0.804 e. The smallest absolute Gasteiger partial charge is 0.472 e. The van der Waals surface area contributed by atoms with Crippen LogP contribution in [0.3, 0.4) is 0 Å². The van der Waals surface area contributed by atoms with E-state index in [0.29, 0.717) is 0 Å². The molecule has 2 atom stereocenters. The lowest BCUT2D eigenvalue weighted by molar-refractivity contribution is -0.969. The first-order valence-corrected chi connectivity index (χ1v) is 5.97. The molecule has 0 aliphatic carbocycles. The minimum absolute atomic E-state index is 0.0817. The van der Waals surface area contributed by atoms with Gasteiger partial charge in [0.1, 0.15) is 0 Å². The molecule has 0 aromatic rings. The summed E-state index contributed by atoms with van der Waals surface area (Å²) in [6.07, 6.45) is -1.15. The van der Waals surface area contributed by atoms with Crippen LogP contribution in [-0.2, 0) is 13.6 Å². The van der Waals surface area contributed by atoms with Crippen molar-refractivity contribution in [3.05, 3.63) is 0 Å². The number of nitrogens with zero attached hydrogens (tertiary/aromatic N) is 1. The quantitative estimate of drug-likeness (QED) is 0.319. The number of rotatable bonds is 7. The van der Waals surface area contributed by atoms with Gasteiger partial charge in [-0.1, -0.05) is 0 Å². The molecular weight excluding hydrogens is 223 g/mol. The molecule has 15 heavy (non-hydrogen) atoms. The van der Waals surface area contributed by atoms with Crippen molar-refractivity contribution in [2.45, 2.75) is 6.23 Å². The lowest BCUT2D eigenvalue weighted by Gasteiger charge is -2.38. The molecule has 0 saturated carbocycles. The molecule has 3 N–H and O–H groups in total. The molecule has 0 radical (unpaired) electrons. The van der Waals surface area contributed by atoms with Crippen LogP contribution < -0.4 is 10.8 Å². The average molecular weight is 242 g/mol. The minimum Gasteiger partial charge on any atom is -0.804 e. The minimum atomic E-state index is -4.12. The summed E-state index contributed by atoms with van der Waals surface area (Å²) < 4.78 is 20.2. The number of phosphoric ester groups is 1. The van der Waals surface area contributed by atoms with Crippen molar-refractivity contribution in [2.75, 3.05) is 40.9 Å². The van der Waals surface area contributed by atoms with Gasteiger partial charge < -0.3 is 20.2 Å². The first kappa shape index (κ1) is 15.0. The number of hydrogen-bond acceptors (Lipinski definition) is 5. The number of nitrogens with two attached hydrogens (primary N) is 1. The molecule has 0 bridgehead atoms. The second-order valence-corrected chi connectivity index (χ2v) is 5.41. The molecule has 0 aromatic heterocycles. The Balaban J connectivity index is 3.98. The van der Waals surface area contributed by atoms with Crippen LogP contribution in [0.15, 0.2) is 0 Å². The van der Waals surface area contributed by atoms with E-state index in [-0.39, 0.29) is 24.2 Å². The third-order valence-corrected chi connectivity index (χ3v) is 2.60. The molecule has 0 aliphatic rings. The molecular formula is C7H19N2O5P. The molecule has 0 saturated heterocycles. The van der Waals surface area contributed by atoms with Crippen LogP contribution in [0, 0.1) is 0 Å². The van der Waals surface area contributed by atoms with Gasteiger partial charge >= 0.3 is 7.82 Å². The SMILES string of the molecule is C[N+](C)(C)C([O-])COP(=O)(O)OCCN. The van der Waals surface area contributed by atoms with Crippen molar-refractivity contribution < 1.29 is 28.1 Å². The van der Waals surface area contributed by atoms with E-state index in [2.05, 4.69) is 9.05 Å². The van der Waals surface area contributed by atoms with Crippen molar-refractivity contribution in [1.82, 2.24) is 0 Å². The van der Waals surface area contributed by atoms with Gasteiger partial charge in [-0.3, -0.25) is 9.05 Å². The van der Waals surface area contributed by atoms with Gasteiger partial charge in [0, 0.05) is 12.8 Å². The maximum absolute atomic E-state index is 11.4. The third-order valence-electron chi connectivity index (χ3n) is 1.62. The molecule has 8 heteroatoms. The third kappa shape index (κ3) is 6.97. The fraction of sp³-hybridized carbons (Fsp3) is 1.00. The van der Waals surface area contributed by atoms with Gasteiger partial charge in [0.25, 0.3) is 0 Å². The van der Waals surface area contributed by atoms with Gasteiger partial charge in [0.2, 0.25) is 0 Å². The van der Waals surface area contributed by atoms with Crippen LogP contribution in [0.25, 0.3) is 0 Å². The maximum Gasteiger partial charge on any atom is 0.472 e. The Hall–Kier alpha value is -0.0100. The summed E-state index contributed by atoms with van der Waals surface area (Å²) in [7, 11) is 0.890. The van der Waals surface area contributed by atoms with Crippen LogP contribution in [-0.4, -0.2) is 56.5 Å². The zero-order valence-corrected chi connectivity index (χ0v) is 10.1. The van der Waals surface area contributed by atoms with Crippen molar-refractivity contribution in [1.29, 1.82) is 0 Å². The summed E-state index contributed by atoms with van der Waals surface area (Å²) in [6.45, 7) is -0.354. The highest BCUT2D eigenvalue weighted by molar-refractivity contribution is 7.47. The average Bonchev–Trinajstić information content (AvgIpc) is 2.09. The van der Waals surface area contributed by atoms with Crippen molar-refractivity contribution >= 4 is 7.82 Å².